The van der Waals surface area contributed by atoms with E-state index in [1.807, 2.05) is 0 Å². The second kappa shape index (κ2) is 61.4. The maximum atomic E-state index is 12.3. The highest BCUT2D eigenvalue weighted by atomic mass is 16.6. The zero-order valence-electron chi connectivity index (χ0n) is 47.0. The maximum Gasteiger partial charge on any atom is 0.306 e. The topological polar surface area (TPSA) is 72.8 Å². The Balaban J connectivity index is 3.50. The molecule has 5 nitrogen and oxygen atoms in total. The Morgan fingerprint density at radius 3 is 0.915 bits per heavy atom. The molecule has 0 aromatic heterocycles. The van der Waals surface area contributed by atoms with Crippen LogP contribution in [0.25, 0.3) is 0 Å². The van der Waals surface area contributed by atoms with E-state index in [2.05, 4.69) is 98.9 Å². The van der Waals surface area contributed by atoms with Gasteiger partial charge in [0.05, 0.1) is 6.61 Å². The summed E-state index contributed by atoms with van der Waals surface area (Å²) >= 11 is 0. The van der Waals surface area contributed by atoms with Crippen molar-refractivity contribution in [1.82, 2.24) is 0 Å². The number of unbranched alkanes of at least 4 members (excludes halogenated alkanes) is 34. The van der Waals surface area contributed by atoms with Crippen LogP contribution in [0.15, 0.2) is 85.1 Å². The van der Waals surface area contributed by atoms with Crippen LogP contribution in [0.4, 0.5) is 0 Å². The van der Waals surface area contributed by atoms with Gasteiger partial charge in [0.2, 0.25) is 0 Å². The van der Waals surface area contributed by atoms with Crippen molar-refractivity contribution in [1.29, 1.82) is 0 Å². The molecule has 0 bridgehead atoms. The zero-order valence-corrected chi connectivity index (χ0v) is 47.0. The molecule has 5 heteroatoms. The Bertz CT molecular complexity index is 1300. The van der Waals surface area contributed by atoms with Crippen molar-refractivity contribution in [2.24, 2.45) is 0 Å². The summed E-state index contributed by atoms with van der Waals surface area (Å²) in [5, 5.41) is 9.67. The monoisotopic (exact) mass is 989 g/mol. The van der Waals surface area contributed by atoms with E-state index in [0.717, 1.165) is 103 Å². The number of ether oxygens (including phenoxy) is 2. The third-order valence-corrected chi connectivity index (χ3v) is 13.5. The fourth-order valence-corrected chi connectivity index (χ4v) is 8.89. The second-order valence-corrected chi connectivity index (χ2v) is 20.4. The van der Waals surface area contributed by atoms with Gasteiger partial charge in [-0.2, -0.15) is 0 Å². The molecular formula is C66H116O5. The standard InChI is InChI=1S/C66H116O5/c1-3-5-7-9-11-13-15-17-19-21-23-25-27-29-31-32-33-35-36-38-40-42-44-46-48-50-52-54-56-58-60-65(68)70-63-64(62-67)71-66(69)61-59-57-55-53-51-49-47-45-43-41-39-37-34-30-28-26-24-22-20-18-16-14-12-10-8-6-4-2/h6,8,12,14,18,20,24,26,30,34,39,41,45,47,64,67H,3-5,7,9-11,13,15-17,19,21-23,25,27-29,31-33,35-38,40,42-44,46,48-63H2,1-2H3/b8-6-,14-12-,20-18-,26-24-,34-30-,41-39-,47-45-. The number of aliphatic hydroxyl groups excluding tert-OH is 1. The first kappa shape index (κ1) is 68.1. The highest BCUT2D eigenvalue weighted by molar-refractivity contribution is 5.70. The minimum absolute atomic E-state index is 0.0751. The van der Waals surface area contributed by atoms with Crippen molar-refractivity contribution in [3.05, 3.63) is 85.1 Å². The first-order valence-electron chi connectivity index (χ1n) is 30.6. The quantitative estimate of drug-likeness (QED) is 0.0373. The number of allylic oxidation sites excluding steroid dienone is 14. The van der Waals surface area contributed by atoms with Crippen LogP contribution in [0, 0.1) is 0 Å². The molecule has 0 amide bonds. The third kappa shape index (κ3) is 59.5. The van der Waals surface area contributed by atoms with Gasteiger partial charge in [0, 0.05) is 12.8 Å². The van der Waals surface area contributed by atoms with Gasteiger partial charge < -0.3 is 14.6 Å². The van der Waals surface area contributed by atoms with Crippen molar-refractivity contribution in [3.8, 4) is 0 Å². The summed E-state index contributed by atoms with van der Waals surface area (Å²) in [6.45, 7) is 4.04. The highest BCUT2D eigenvalue weighted by Gasteiger charge is 2.16. The van der Waals surface area contributed by atoms with Gasteiger partial charge in [-0.15, -0.1) is 0 Å². The fourth-order valence-electron chi connectivity index (χ4n) is 8.89. The van der Waals surface area contributed by atoms with Gasteiger partial charge in [0.1, 0.15) is 6.61 Å². The van der Waals surface area contributed by atoms with Gasteiger partial charge in [-0.05, 0) is 70.6 Å². The summed E-state index contributed by atoms with van der Waals surface area (Å²) in [6, 6.07) is 0. The molecule has 0 rings (SSSR count). The van der Waals surface area contributed by atoms with E-state index in [1.165, 1.54) is 173 Å². The van der Waals surface area contributed by atoms with Gasteiger partial charge in [-0.3, -0.25) is 9.59 Å². The molecule has 1 atom stereocenters. The smallest absolute Gasteiger partial charge is 0.306 e. The van der Waals surface area contributed by atoms with Crippen molar-refractivity contribution in [2.45, 2.75) is 309 Å². The number of hydrogen-bond acceptors (Lipinski definition) is 5. The van der Waals surface area contributed by atoms with Gasteiger partial charge in [-0.25, -0.2) is 0 Å². The van der Waals surface area contributed by atoms with Crippen molar-refractivity contribution in [3.63, 3.8) is 0 Å². The van der Waals surface area contributed by atoms with Crippen molar-refractivity contribution < 1.29 is 24.2 Å². The molecule has 410 valence electrons. The van der Waals surface area contributed by atoms with Gasteiger partial charge in [0.25, 0.3) is 0 Å². The van der Waals surface area contributed by atoms with Crippen LogP contribution in [0.3, 0.4) is 0 Å². The average molecular weight is 990 g/mol. The SMILES string of the molecule is CC/C=C\C/C=C\C/C=C\C/C=C\C/C=C\C/C=C\C/C=C\CCCCCCCC(=O)OC(CO)COC(=O)CCCCCCCCCCCCCCCCCCCCCCCCCCCCCCCC. The first-order chi connectivity index (χ1) is 35.1. The average Bonchev–Trinajstić information content (AvgIpc) is 3.37. The largest absolute Gasteiger partial charge is 0.462 e. The summed E-state index contributed by atoms with van der Waals surface area (Å²) in [7, 11) is 0. The Kier molecular flexibility index (Phi) is 58.9. The lowest BCUT2D eigenvalue weighted by Gasteiger charge is -2.15. The summed E-state index contributed by atoms with van der Waals surface area (Å²) in [5.41, 5.74) is 0. The number of hydrogen-bond donors (Lipinski definition) is 1. The van der Waals surface area contributed by atoms with Gasteiger partial charge >= 0.3 is 11.9 Å². The predicted molar refractivity (Wildman–Crippen MR) is 311 cm³/mol. The number of aliphatic hydroxyl groups is 1. The molecule has 0 heterocycles. The molecule has 0 aliphatic rings. The number of esters is 2. The Labute approximate surface area is 441 Å². The number of carbonyl (C=O) groups is 2. The fraction of sp³-hybridized carbons (Fsp3) is 0.758. The minimum Gasteiger partial charge on any atom is -0.462 e. The van der Waals surface area contributed by atoms with E-state index in [0.29, 0.717) is 12.8 Å². The Hall–Kier alpha value is -2.92. The second-order valence-electron chi connectivity index (χ2n) is 20.4. The first-order valence-corrected chi connectivity index (χ1v) is 30.6. The minimum atomic E-state index is -0.787. The molecule has 0 fully saturated rings. The van der Waals surface area contributed by atoms with Crippen LogP contribution in [0.1, 0.15) is 303 Å². The summed E-state index contributed by atoms with van der Waals surface area (Å²) in [5.74, 6) is -0.605. The van der Waals surface area contributed by atoms with Gasteiger partial charge in [0.15, 0.2) is 6.10 Å². The normalized spacial score (nSPS) is 12.8. The molecule has 0 aliphatic carbocycles. The molecular weight excluding hydrogens is 873 g/mol. The van der Waals surface area contributed by atoms with E-state index < -0.39 is 6.10 Å². The van der Waals surface area contributed by atoms with E-state index in [-0.39, 0.29) is 25.2 Å². The van der Waals surface area contributed by atoms with Crippen LogP contribution in [-0.4, -0.2) is 36.4 Å². The lowest BCUT2D eigenvalue weighted by atomic mass is 10.0. The third-order valence-electron chi connectivity index (χ3n) is 13.5. The maximum absolute atomic E-state index is 12.3. The molecule has 0 aliphatic heterocycles. The van der Waals surface area contributed by atoms with Crippen LogP contribution in [0.5, 0.6) is 0 Å². The molecule has 0 radical (unpaired) electrons. The van der Waals surface area contributed by atoms with Crippen molar-refractivity contribution in [2.75, 3.05) is 13.2 Å². The molecule has 0 saturated heterocycles. The molecule has 1 unspecified atom stereocenters. The molecule has 0 aromatic rings. The number of carbonyl (C=O) groups excluding carboxylic acids is 2. The Morgan fingerprint density at radius 1 is 0.338 bits per heavy atom. The summed E-state index contributed by atoms with van der Waals surface area (Å²) in [6.07, 6.45) is 85.8. The van der Waals surface area contributed by atoms with E-state index in [1.54, 1.807) is 0 Å². The molecule has 0 aromatic carbocycles. The van der Waals surface area contributed by atoms with Crippen LogP contribution in [0.2, 0.25) is 0 Å². The van der Waals surface area contributed by atoms with E-state index in [9.17, 15) is 14.7 Å². The van der Waals surface area contributed by atoms with Crippen LogP contribution < -0.4 is 0 Å². The lowest BCUT2D eigenvalue weighted by molar-refractivity contribution is -0.161. The summed E-state index contributed by atoms with van der Waals surface area (Å²) < 4.78 is 10.7. The van der Waals surface area contributed by atoms with E-state index in [4.69, 9.17) is 9.47 Å². The van der Waals surface area contributed by atoms with Gasteiger partial charge in [-0.1, -0.05) is 304 Å². The van der Waals surface area contributed by atoms with Crippen LogP contribution in [-0.2, 0) is 19.1 Å². The highest BCUT2D eigenvalue weighted by Crippen LogP contribution is 2.17. The lowest BCUT2D eigenvalue weighted by Crippen LogP contribution is -2.28. The molecule has 1 N–H and O–H groups in total. The predicted octanol–water partition coefficient (Wildman–Crippen LogP) is 20.9. The zero-order chi connectivity index (χ0) is 51.3. The molecule has 71 heavy (non-hydrogen) atoms. The van der Waals surface area contributed by atoms with E-state index >= 15 is 0 Å². The van der Waals surface area contributed by atoms with Crippen LogP contribution >= 0.6 is 0 Å². The number of rotatable bonds is 56. The summed E-state index contributed by atoms with van der Waals surface area (Å²) in [4.78, 5) is 24.6. The Morgan fingerprint density at radius 2 is 0.606 bits per heavy atom. The molecule has 0 spiro atoms. The molecule has 0 saturated carbocycles. The van der Waals surface area contributed by atoms with Crippen molar-refractivity contribution >= 4 is 11.9 Å².